The maximum Gasteiger partial charge on any atom is 0.358 e. The van der Waals surface area contributed by atoms with E-state index in [4.69, 9.17) is 0 Å². The molecule has 0 atom stereocenters. The summed E-state index contributed by atoms with van der Waals surface area (Å²) in [6.45, 7) is 2.20. The molecule has 0 saturated heterocycles. The van der Waals surface area contributed by atoms with Crippen LogP contribution in [-0.4, -0.2) is 5.97 Å². The van der Waals surface area contributed by atoms with Gasteiger partial charge in [-0.3, -0.25) is 0 Å². The average Bonchev–Trinajstić information content (AvgIpc) is 2.15. The minimum atomic E-state index is -0.839. The van der Waals surface area contributed by atoms with Gasteiger partial charge in [0, 0.05) is 0 Å². The van der Waals surface area contributed by atoms with Gasteiger partial charge in [-0.1, -0.05) is 26.2 Å². The molecular weight excluding hydrogens is 164 g/mol. The van der Waals surface area contributed by atoms with E-state index in [9.17, 15) is 9.90 Å². The molecule has 2 nitrogen and oxygen atoms in total. The van der Waals surface area contributed by atoms with E-state index >= 15 is 0 Å². The normalized spacial score (nSPS) is 28.7. The molecule has 0 aliphatic heterocycles. The zero-order valence-electron chi connectivity index (χ0n) is 8.42. The molecule has 0 N–H and O–H groups in total. The Hall–Kier alpha value is -0.530. The highest BCUT2D eigenvalue weighted by molar-refractivity contribution is 5.69. The van der Waals surface area contributed by atoms with Crippen molar-refractivity contribution in [2.75, 3.05) is 0 Å². The summed E-state index contributed by atoms with van der Waals surface area (Å²) in [6, 6.07) is 0. The number of hydrogen-bond donors (Lipinski definition) is 0. The summed E-state index contributed by atoms with van der Waals surface area (Å²) in [7, 11) is 0. The van der Waals surface area contributed by atoms with Crippen molar-refractivity contribution < 1.29 is 9.90 Å². The zero-order valence-corrected chi connectivity index (χ0v) is 8.42. The van der Waals surface area contributed by atoms with E-state index < -0.39 is 5.97 Å². The minimum absolute atomic E-state index is 0.155. The summed E-state index contributed by atoms with van der Waals surface area (Å²) in [6.07, 6.45) is 7.71. The maximum absolute atomic E-state index is 10.6. The molecule has 1 fully saturated rings. The SMILES string of the molecule is CCCC[C@H]1CC[C@H](C([O])=O)CC1. The van der Waals surface area contributed by atoms with Crippen LogP contribution in [0.4, 0.5) is 0 Å². The van der Waals surface area contributed by atoms with Crippen LogP contribution in [0.1, 0.15) is 51.9 Å². The lowest BCUT2D eigenvalue weighted by molar-refractivity contribution is -0.149. The van der Waals surface area contributed by atoms with Gasteiger partial charge < -0.3 is 0 Å². The molecule has 1 aliphatic rings. The van der Waals surface area contributed by atoms with E-state index in [0.29, 0.717) is 0 Å². The molecule has 1 saturated carbocycles. The second-order valence-electron chi connectivity index (χ2n) is 4.18. The van der Waals surface area contributed by atoms with Crippen LogP contribution >= 0.6 is 0 Å². The topological polar surface area (TPSA) is 37.0 Å². The molecule has 0 amide bonds. The summed E-state index contributed by atoms with van der Waals surface area (Å²) in [4.78, 5) is 10.6. The molecule has 0 bridgehead atoms. The molecule has 75 valence electrons. The third kappa shape index (κ3) is 3.37. The van der Waals surface area contributed by atoms with Crippen LogP contribution in [0, 0.1) is 11.8 Å². The predicted molar refractivity (Wildman–Crippen MR) is 50.7 cm³/mol. The fourth-order valence-electron chi connectivity index (χ4n) is 2.18. The Balaban J connectivity index is 2.18. The molecule has 0 aromatic carbocycles. The van der Waals surface area contributed by atoms with Crippen molar-refractivity contribution in [3.63, 3.8) is 0 Å². The van der Waals surface area contributed by atoms with Crippen molar-refractivity contribution in [2.24, 2.45) is 11.8 Å². The van der Waals surface area contributed by atoms with Crippen molar-refractivity contribution in [1.82, 2.24) is 0 Å². The summed E-state index contributed by atoms with van der Waals surface area (Å²) >= 11 is 0. The molecule has 0 spiro atoms. The van der Waals surface area contributed by atoms with E-state index in [2.05, 4.69) is 6.92 Å². The molecular formula is C11H19O2. The molecule has 0 aromatic heterocycles. The summed E-state index contributed by atoms with van der Waals surface area (Å²) < 4.78 is 0. The van der Waals surface area contributed by atoms with Gasteiger partial charge in [-0.15, -0.1) is 0 Å². The van der Waals surface area contributed by atoms with E-state index in [1.165, 1.54) is 19.3 Å². The second-order valence-corrected chi connectivity index (χ2v) is 4.18. The van der Waals surface area contributed by atoms with Gasteiger partial charge in [0.15, 0.2) is 0 Å². The van der Waals surface area contributed by atoms with Gasteiger partial charge in [0.05, 0.1) is 5.92 Å². The first kappa shape index (κ1) is 10.6. The van der Waals surface area contributed by atoms with Crippen LogP contribution in [-0.2, 0) is 9.90 Å². The smallest absolute Gasteiger partial charge is 0.247 e. The predicted octanol–water partition coefficient (Wildman–Crippen LogP) is 2.94. The van der Waals surface area contributed by atoms with Crippen molar-refractivity contribution in [2.45, 2.75) is 51.9 Å². The first-order chi connectivity index (χ1) is 6.24. The third-order valence-electron chi connectivity index (χ3n) is 3.15. The highest BCUT2D eigenvalue weighted by Gasteiger charge is 2.26. The lowest BCUT2D eigenvalue weighted by Gasteiger charge is -2.25. The fraction of sp³-hybridized carbons (Fsp3) is 0.909. The lowest BCUT2D eigenvalue weighted by atomic mass is 9.80. The Bertz CT molecular complexity index is 157. The molecule has 2 heteroatoms. The summed E-state index contributed by atoms with van der Waals surface area (Å²) in [5.41, 5.74) is 0. The molecule has 0 aromatic rings. The molecule has 0 heterocycles. The monoisotopic (exact) mass is 183 g/mol. The first-order valence-corrected chi connectivity index (χ1v) is 5.45. The van der Waals surface area contributed by atoms with Crippen molar-refractivity contribution in [3.8, 4) is 0 Å². The number of unbranched alkanes of at least 4 members (excludes halogenated alkanes) is 1. The average molecular weight is 183 g/mol. The van der Waals surface area contributed by atoms with E-state index in [1.807, 2.05) is 0 Å². The van der Waals surface area contributed by atoms with E-state index in [1.54, 1.807) is 0 Å². The number of carbonyl (C=O) groups excluding carboxylic acids is 1. The second kappa shape index (κ2) is 5.25. The first-order valence-electron chi connectivity index (χ1n) is 5.45. The number of rotatable bonds is 4. The number of carbonyl (C=O) groups is 1. The van der Waals surface area contributed by atoms with Crippen LogP contribution < -0.4 is 0 Å². The van der Waals surface area contributed by atoms with Gasteiger partial charge in [0.25, 0.3) is 0 Å². The van der Waals surface area contributed by atoms with Gasteiger partial charge in [0.2, 0.25) is 0 Å². The Morgan fingerprint density at radius 2 is 1.85 bits per heavy atom. The third-order valence-corrected chi connectivity index (χ3v) is 3.15. The maximum atomic E-state index is 10.6. The molecule has 0 unspecified atom stereocenters. The quantitative estimate of drug-likeness (QED) is 0.660. The molecule has 1 radical (unpaired) electrons. The van der Waals surface area contributed by atoms with Gasteiger partial charge >= 0.3 is 5.97 Å². The zero-order chi connectivity index (χ0) is 9.68. The minimum Gasteiger partial charge on any atom is -0.247 e. The van der Waals surface area contributed by atoms with Gasteiger partial charge in [-0.2, -0.15) is 0 Å². The summed E-state index contributed by atoms with van der Waals surface area (Å²) in [5, 5.41) is 10.6. The largest absolute Gasteiger partial charge is 0.358 e. The van der Waals surface area contributed by atoms with E-state index in [0.717, 1.165) is 31.6 Å². The van der Waals surface area contributed by atoms with Crippen molar-refractivity contribution in [1.29, 1.82) is 0 Å². The molecule has 1 rings (SSSR count). The molecule has 13 heavy (non-hydrogen) atoms. The Labute approximate surface area is 80.3 Å². The van der Waals surface area contributed by atoms with Crippen molar-refractivity contribution in [3.05, 3.63) is 0 Å². The lowest BCUT2D eigenvalue weighted by Crippen LogP contribution is -2.20. The van der Waals surface area contributed by atoms with Crippen LogP contribution in [0.2, 0.25) is 0 Å². The highest BCUT2D eigenvalue weighted by Crippen LogP contribution is 2.31. The standard InChI is InChI=1S/C11H19O2/c1-2-3-4-9-5-7-10(8-6-9)11(12)13/h9-10H,2-8H2,1H3/t9-,10-. The van der Waals surface area contributed by atoms with Crippen LogP contribution in [0.15, 0.2) is 0 Å². The molecule has 1 aliphatic carbocycles. The Morgan fingerprint density at radius 3 is 2.31 bits per heavy atom. The van der Waals surface area contributed by atoms with Crippen LogP contribution in [0.25, 0.3) is 0 Å². The number of hydrogen-bond acceptors (Lipinski definition) is 1. The van der Waals surface area contributed by atoms with Gasteiger partial charge in [0.1, 0.15) is 0 Å². The van der Waals surface area contributed by atoms with Gasteiger partial charge in [-0.05, 0) is 31.6 Å². The van der Waals surface area contributed by atoms with Crippen LogP contribution in [0.3, 0.4) is 0 Å². The Kier molecular flexibility index (Phi) is 4.26. The summed E-state index contributed by atoms with van der Waals surface area (Å²) in [5.74, 6) is -0.206. The van der Waals surface area contributed by atoms with Crippen molar-refractivity contribution >= 4 is 5.97 Å². The van der Waals surface area contributed by atoms with E-state index in [-0.39, 0.29) is 5.92 Å². The highest BCUT2D eigenvalue weighted by atomic mass is 16.4. The van der Waals surface area contributed by atoms with Gasteiger partial charge in [-0.25, -0.2) is 9.90 Å². The Morgan fingerprint density at radius 1 is 1.23 bits per heavy atom. The fourth-order valence-corrected chi connectivity index (χ4v) is 2.18. The van der Waals surface area contributed by atoms with Crippen LogP contribution in [0.5, 0.6) is 0 Å².